The Kier molecular flexibility index (Phi) is 7.03. The summed E-state index contributed by atoms with van der Waals surface area (Å²) in [6.45, 7) is 0. The molecule has 2 aliphatic rings. The average Bonchev–Trinajstić information content (AvgIpc) is 3.60. The van der Waals surface area contributed by atoms with E-state index in [4.69, 9.17) is 4.74 Å². The predicted molar refractivity (Wildman–Crippen MR) is 228 cm³/mol. The molecule has 0 amide bonds. The van der Waals surface area contributed by atoms with Crippen molar-refractivity contribution in [1.29, 1.82) is 0 Å². The van der Waals surface area contributed by atoms with Gasteiger partial charge < -0.3 is 9.64 Å². The van der Waals surface area contributed by atoms with Crippen molar-refractivity contribution < 1.29 is 4.74 Å². The quantitative estimate of drug-likeness (QED) is 0.167. The summed E-state index contributed by atoms with van der Waals surface area (Å²) in [4.78, 5) is 2.38. The highest BCUT2D eigenvalue weighted by Gasteiger charge is 2.29. The predicted octanol–water partition coefficient (Wildman–Crippen LogP) is 14.2. The van der Waals surface area contributed by atoms with E-state index in [9.17, 15) is 0 Å². The molecule has 0 saturated carbocycles. The highest BCUT2D eigenvalue weighted by molar-refractivity contribution is 6.17. The number of benzene rings is 9. The van der Waals surface area contributed by atoms with Crippen LogP contribution in [0.1, 0.15) is 12.0 Å². The number of fused-ring (bicyclic) bond motifs is 9. The van der Waals surface area contributed by atoms with Gasteiger partial charge in [0.15, 0.2) is 0 Å². The molecule has 54 heavy (non-hydrogen) atoms. The van der Waals surface area contributed by atoms with Crippen LogP contribution in [0.5, 0.6) is 5.75 Å². The number of hydrogen-bond acceptors (Lipinski definition) is 2. The van der Waals surface area contributed by atoms with Crippen LogP contribution < -0.4 is 9.64 Å². The fraction of sp³-hybridized carbons (Fsp3) is 0.0385. The second-order valence-electron chi connectivity index (χ2n) is 14.5. The molecule has 1 heterocycles. The van der Waals surface area contributed by atoms with Gasteiger partial charge in [-0.25, -0.2) is 0 Å². The molecule has 9 aromatic carbocycles. The molecule has 254 valence electrons. The Morgan fingerprint density at radius 3 is 1.98 bits per heavy atom. The Labute approximate surface area is 314 Å². The topological polar surface area (TPSA) is 12.5 Å². The lowest BCUT2D eigenvalue weighted by Crippen LogP contribution is -2.11. The lowest BCUT2D eigenvalue weighted by molar-refractivity contribution is 0.279. The molecule has 0 bridgehead atoms. The fourth-order valence-electron chi connectivity index (χ4n) is 8.58. The molecule has 1 aliphatic carbocycles. The molecule has 0 aromatic heterocycles. The molecular weight excluding hydrogens is 655 g/mol. The molecule has 9 aromatic rings. The second kappa shape index (κ2) is 12.4. The van der Waals surface area contributed by atoms with Gasteiger partial charge in [0, 0.05) is 34.6 Å². The van der Waals surface area contributed by atoms with Gasteiger partial charge in [-0.3, -0.25) is 0 Å². The molecule has 1 atom stereocenters. The summed E-state index contributed by atoms with van der Waals surface area (Å²) >= 11 is 0. The Morgan fingerprint density at radius 2 is 1.09 bits per heavy atom. The zero-order valence-electron chi connectivity index (χ0n) is 29.6. The van der Waals surface area contributed by atoms with Crippen LogP contribution in [0.3, 0.4) is 0 Å². The van der Waals surface area contributed by atoms with Crippen molar-refractivity contribution in [2.24, 2.45) is 0 Å². The maximum atomic E-state index is 6.37. The third kappa shape index (κ3) is 5.10. The zero-order chi connectivity index (χ0) is 35.6. The van der Waals surface area contributed by atoms with Crippen molar-refractivity contribution in [3.63, 3.8) is 0 Å². The van der Waals surface area contributed by atoms with E-state index in [-0.39, 0.29) is 6.10 Å². The van der Waals surface area contributed by atoms with Gasteiger partial charge in [-0.15, -0.1) is 0 Å². The maximum Gasteiger partial charge on any atom is 0.128 e. The smallest absolute Gasteiger partial charge is 0.128 e. The molecular formula is C52H35NO. The lowest BCUT2D eigenvalue weighted by atomic mass is 9.94. The average molecular weight is 690 g/mol. The third-order valence-electron chi connectivity index (χ3n) is 11.3. The number of hydrogen-bond donors (Lipinski definition) is 0. The van der Waals surface area contributed by atoms with Crippen LogP contribution in [-0.2, 0) is 0 Å². The minimum absolute atomic E-state index is 0.110. The van der Waals surface area contributed by atoms with Crippen molar-refractivity contribution in [2.45, 2.75) is 12.5 Å². The Balaban J connectivity index is 1.00. The molecule has 0 saturated heterocycles. The van der Waals surface area contributed by atoms with Crippen molar-refractivity contribution in [3.05, 3.63) is 200 Å². The first-order valence-corrected chi connectivity index (χ1v) is 18.8. The summed E-state index contributed by atoms with van der Waals surface area (Å²) in [6, 6.07) is 64.4. The third-order valence-corrected chi connectivity index (χ3v) is 11.3. The van der Waals surface area contributed by atoms with Crippen molar-refractivity contribution in [1.82, 2.24) is 0 Å². The normalized spacial score (nSPS) is 14.6. The summed E-state index contributed by atoms with van der Waals surface area (Å²) in [7, 11) is 0. The number of anilines is 3. The molecule has 2 nitrogen and oxygen atoms in total. The lowest BCUT2D eigenvalue weighted by Gasteiger charge is -2.26. The van der Waals surface area contributed by atoms with Gasteiger partial charge in [0.05, 0.1) is 0 Å². The van der Waals surface area contributed by atoms with Gasteiger partial charge in [0.1, 0.15) is 11.9 Å². The van der Waals surface area contributed by atoms with Crippen LogP contribution in [0.4, 0.5) is 17.1 Å². The Bertz CT molecular complexity index is 2990. The van der Waals surface area contributed by atoms with Crippen molar-refractivity contribution in [2.75, 3.05) is 4.90 Å². The first-order valence-electron chi connectivity index (χ1n) is 18.8. The van der Waals surface area contributed by atoms with E-state index < -0.39 is 0 Å². The monoisotopic (exact) mass is 689 g/mol. The number of nitrogens with zero attached hydrogens (tertiary/aromatic N) is 1. The van der Waals surface area contributed by atoms with Crippen LogP contribution in [0.25, 0.3) is 70.9 Å². The summed E-state index contributed by atoms with van der Waals surface area (Å²) in [6.07, 6.45) is 7.57. The van der Waals surface area contributed by atoms with Crippen LogP contribution >= 0.6 is 0 Å². The highest BCUT2D eigenvalue weighted by Crippen LogP contribution is 2.45. The molecule has 2 heteroatoms. The molecule has 0 spiro atoms. The molecule has 11 rings (SSSR count). The molecule has 0 radical (unpaired) electrons. The first kappa shape index (κ1) is 30.7. The highest BCUT2D eigenvalue weighted by atomic mass is 16.5. The van der Waals surface area contributed by atoms with Gasteiger partial charge in [-0.1, -0.05) is 140 Å². The molecule has 0 N–H and O–H groups in total. The molecule has 1 aliphatic heterocycles. The summed E-state index contributed by atoms with van der Waals surface area (Å²) < 4.78 is 6.37. The zero-order valence-corrected chi connectivity index (χ0v) is 29.6. The van der Waals surface area contributed by atoms with Gasteiger partial charge in [-0.05, 0) is 120 Å². The van der Waals surface area contributed by atoms with Crippen molar-refractivity contribution in [3.8, 4) is 28.0 Å². The van der Waals surface area contributed by atoms with Gasteiger partial charge in [0.25, 0.3) is 0 Å². The van der Waals surface area contributed by atoms with E-state index in [1.807, 2.05) is 0 Å². The van der Waals surface area contributed by atoms with Crippen LogP contribution in [-0.4, -0.2) is 6.10 Å². The van der Waals surface area contributed by atoms with Gasteiger partial charge >= 0.3 is 0 Å². The Morgan fingerprint density at radius 1 is 0.426 bits per heavy atom. The molecule has 1 unspecified atom stereocenters. The van der Waals surface area contributed by atoms with Gasteiger partial charge in [0.2, 0.25) is 0 Å². The van der Waals surface area contributed by atoms with Crippen LogP contribution in [0, 0.1) is 0 Å². The number of allylic oxidation sites excluding steroid dienone is 2. The van der Waals surface area contributed by atoms with E-state index in [1.54, 1.807) is 0 Å². The van der Waals surface area contributed by atoms with E-state index in [1.165, 1.54) is 76.5 Å². The SMILES string of the molecule is C1=CCC2Oc3cc4ccc(N(c5ccc(-c6ccc7c(ccc8c9ccccc9ccc78)c6)cc5)c5cccc(-c6ccccc6)c5)cc4cc3C2=C1. The van der Waals surface area contributed by atoms with E-state index in [0.717, 1.165) is 29.2 Å². The summed E-state index contributed by atoms with van der Waals surface area (Å²) in [5.41, 5.74) is 10.6. The maximum absolute atomic E-state index is 6.37. The van der Waals surface area contributed by atoms with E-state index in [2.05, 4.69) is 199 Å². The van der Waals surface area contributed by atoms with Crippen LogP contribution in [0.15, 0.2) is 194 Å². The minimum Gasteiger partial charge on any atom is -0.485 e. The Hall–Kier alpha value is -6.90. The van der Waals surface area contributed by atoms with Crippen LogP contribution in [0.2, 0.25) is 0 Å². The van der Waals surface area contributed by atoms with E-state index >= 15 is 0 Å². The van der Waals surface area contributed by atoms with Crippen molar-refractivity contribution >= 4 is 65.7 Å². The first-order chi connectivity index (χ1) is 26.7. The van der Waals surface area contributed by atoms with Gasteiger partial charge in [-0.2, -0.15) is 0 Å². The summed E-state index contributed by atoms with van der Waals surface area (Å²) in [5.74, 6) is 0.980. The minimum atomic E-state index is 0.110. The number of rotatable bonds is 5. The standard InChI is InChI=1S/C52H35NO/c1-2-9-34(10-3-1)37-12-8-13-43(30-37)53(44-25-19-39-33-52-50(32-41(39)31-44)49-15-6-7-16-51(49)54-52)42-23-17-35(18-24-42)38-21-26-46-40(29-38)22-28-47-45-14-5-4-11-36(45)20-27-48(46)47/h1-15,17-33,51H,16H2. The number of ether oxygens (including phenoxy) is 1. The van der Waals surface area contributed by atoms with E-state index in [0.29, 0.717) is 0 Å². The summed E-state index contributed by atoms with van der Waals surface area (Å²) in [5, 5.41) is 10.1. The molecule has 0 fully saturated rings. The fourth-order valence-corrected chi connectivity index (χ4v) is 8.58. The largest absolute Gasteiger partial charge is 0.485 e. The second-order valence-corrected chi connectivity index (χ2v) is 14.5.